The van der Waals surface area contributed by atoms with E-state index in [1.807, 2.05) is 27.7 Å². The molecule has 0 N–H and O–H groups in total. The van der Waals surface area contributed by atoms with Crippen LogP contribution in [0.2, 0.25) is 0 Å². The van der Waals surface area contributed by atoms with E-state index in [-0.39, 0.29) is 22.6 Å². The molecule has 0 spiro atoms. The SMILES string of the molecule is Cc1noc2c1CCN(C(=O)c1cccn(C(C)(C)C)c1=O)C2. The molecule has 0 bridgehead atoms. The van der Waals surface area contributed by atoms with Crippen LogP contribution in [0.4, 0.5) is 0 Å². The summed E-state index contributed by atoms with van der Waals surface area (Å²) in [6.07, 6.45) is 2.42. The number of nitrogens with zero attached hydrogens (tertiary/aromatic N) is 3. The fourth-order valence-corrected chi connectivity index (χ4v) is 2.91. The van der Waals surface area contributed by atoms with Crippen molar-refractivity contribution in [2.45, 2.75) is 46.2 Å². The minimum Gasteiger partial charge on any atom is -0.359 e. The van der Waals surface area contributed by atoms with Crippen molar-refractivity contribution in [3.8, 4) is 0 Å². The fourth-order valence-electron chi connectivity index (χ4n) is 2.91. The van der Waals surface area contributed by atoms with Crippen LogP contribution >= 0.6 is 0 Å². The van der Waals surface area contributed by atoms with Gasteiger partial charge < -0.3 is 14.0 Å². The quantitative estimate of drug-likeness (QED) is 0.808. The van der Waals surface area contributed by atoms with E-state index < -0.39 is 0 Å². The summed E-state index contributed by atoms with van der Waals surface area (Å²) in [5.74, 6) is 0.461. The van der Waals surface area contributed by atoms with Gasteiger partial charge in [-0.1, -0.05) is 5.16 Å². The maximum atomic E-state index is 12.8. The highest BCUT2D eigenvalue weighted by molar-refractivity contribution is 5.94. The van der Waals surface area contributed by atoms with Gasteiger partial charge in [0.2, 0.25) is 0 Å². The smallest absolute Gasteiger partial charge is 0.263 e. The van der Waals surface area contributed by atoms with Gasteiger partial charge in [0.25, 0.3) is 11.5 Å². The summed E-state index contributed by atoms with van der Waals surface area (Å²) in [6, 6.07) is 3.34. The number of aromatic nitrogens is 2. The Morgan fingerprint density at radius 3 is 2.78 bits per heavy atom. The average Bonchev–Trinajstić information content (AvgIpc) is 2.86. The van der Waals surface area contributed by atoms with Crippen LogP contribution in [0.5, 0.6) is 0 Å². The van der Waals surface area contributed by atoms with Crippen molar-refractivity contribution in [2.75, 3.05) is 6.54 Å². The summed E-state index contributed by atoms with van der Waals surface area (Å²) >= 11 is 0. The van der Waals surface area contributed by atoms with Gasteiger partial charge in [-0.25, -0.2) is 0 Å². The molecule has 1 amide bonds. The molecular weight excluding hydrogens is 294 g/mol. The van der Waals surface area contributed by atoms with Crippen LogP contribution in [0.25, 0.3) is 0 Å². The van der Waals surface area contributed by atoms with Crippen molar-refractivity contribution in [1.29, 1.82) is 0 Å². The molecule has 0 atom stereocenters. The monoisotopic (exact) mass is 315 g/mol. The predicted octanol–water partition coefficient (Wildman–Crippen LogP) is 2.10. The van der Waals surface area contributed by atoms with Crippen LogP contribution in [0, 0.1) is 6.92 Å². The lowest BCUT2D eigenvalue weighted by Crippen LogP contribution is -2.42. The van der Waals surface area contributed by atoms with E-state index in [0.717, 1.165) is 11.3 Å². The van der Waals surface area contributed by atoms with Crippen LogP contribution in [-0.2, 0) is 18.5 Å². The van der Waals surface area contributed by atoms with Gasteiger partial charge in [0.05, 0.1) is 12.2 Å². The third kappa shape index (κ3) is 2.69. The lowest BCUT2D eigenvalue weighted by molar-refractivity contribution is 0.0713. The normalized spacial score (nSPS) is 14.7. The first-order chi connectivity index (χ1) is 10.8. The van der Waals surface area contributed by atoms with E-state index >= 15 is 0 Å². The van der Waals surface area contributed by atoms with Gasteiger partial charge in [0.1, 0.15) is 5.56 Å². The average molecular weight is 315 g/mol. The Morgan fingerprint density at radius 1 is 1.35 bits per heavy atom. The molecule has 0 saturated carbocycles. The molecule has 6 nitrogen and oxygen atoms in total. The van der Waals surface area contributed by atoms with Crippen molar-refractivity contribution >= 4 is 5.91 Å². The summed E-state index contributed by atoms with van der Waals surface area (Å²) < 4.78 is 6.88. The first kappa shape index (κ1) is 15.5. The molecule has 0 radical (unpaired) electrons. The Morgan fingerprint density at radius 2 is 2.09 bits per heavy atom. The molecule has 0 unspecified atom stereocenters. The molecule has 3 heterocycles. The van der Waals surface area contributed by atoms with Gasteiger partial charge in [-0.3, -0.25) is 9.59 Å². The molecular formula is C17H21N3O3. The number of hydrogen-bond acceptors (Lipinski definition) is 4. The maximum absolute atomic E-state index is 12.8. The summed E-state index contributed by atoms with van der Waals surface area (Å²) in [7, 11) is 0. The molecule has 2 aromatic heterocycles. The summed E-state index contributed by atoms with van der Waals surface area (Å²) in [5, 5.41) is 3.95. The number of pyridine rings is 1. The fraction of sp³-hybridized carbons (Fsp3) is 0.471. The first-order valence-corrected chi connectivity index (χ1v) is 7.74. The van der Waals surface area contributed by atoms with Crippen LogP contribution in [0.3, 0.4) is 0 Å². The van der Waals surface area contributed by atoms with E-state index in [1.54, 1.807) is 27.8 Å². The zero-order valence-electron chi connectivity index (χ0n) is 13.9. The minimum absolute atomic E-state index is 0.196. The highest BCUT2D eigenvalue weighted by Gasteiger charge is 2.28. The van der Waals surface area contributed by atoms with Crippen LogP contribution in [0.1, 0.15) is 48.1 Å². The molecule has 3 rings (SSSR count). The molecule has 6 heteroatoms. The zero-order chi connectivity index (χ0) is 16.8. The topological polar surface area (TPSA) is 68.3 Å². The lowest BCUT2D eigenvalue weighted by Gasteiger charge is -2.27. The number of fused-ring (bicyclic) bond motifs is 1. The molecule has 23 heavy (non-hydrogen) atoms. The van der Waals surface area contributed by atoms with E-state index in [9.17, 15) is 9.59 Å². The van der Waals surface area contributed by atoms with Crippen molar-refractivity contribution in [3.63, 3.8) is 0 Å². The molecule has 0 saturated heterocycles. The molecule has 122 valence electrons. The number of carbonyl (C=O) groups is 1. The van der Waals surface area contributed by atoms with Gasteiger partial charge in [-0.05, 0) is 46.2 Å². The molecule has 1 aliphatic rings. The van der Waals surface area contributed by atoms with Crippen molar-refractivity contribution in [3.05, 3.63) is 51.3 Å². The highest BCUT2D eigenvalue weighted by Crippen LogP contribution is 2.22. The van der Waals surface area contributed by atoms with Gasteiger partial charge in [-0.2, -0.15) is 0 Å². The molecule has 0 fully saturated rings. The third-order valence-corrected chi connectivity index (χ3v) is 4.22. The highest BCUT2D eigenvalue weighted by atomic mass is 16.5. The second-order valence-corrected chi connectivity index (χ2v) is 6.91. The second kappa shape index (κ2) is 5.37. The molecule has 0 aliphatic carbocycles. The Labute approximate surface area is 134 Å². The first-order valence-electron chi connectivity index (χ1n) is 7.74. The third-order valence-electron chi connectivity index (χ3n) is 4.22. The van der Waals surface area contributed by atoms with Crippen molar-refractivity contribution in [2.24, 2.45) is 0 Å². The standard InChI is InChI=1S/C17H21N3O3/c1-11-12-7-9-19(10-14(12)23-18-11)15(21)13-6-5-8-20(16(13)22)17(2,3)4/h5-6,8H,7,9-10H2,1-4H3. The van der Waals surface area contributed by atoms with Crippen molar-refractivity contribution in [1.82, 2.24) is 14.6 Å². The summed E-state index contributed by atoms with van der Waals surface area (Å²) in [5.41, 5.74) is 1.52. The Balaban J connectivity index is 1.92. The van der Waals surface area contributed by atoms with Gasteiger partial charge in [-0.15, -0.1) is 0 Å². The minimum atomic E-state index is -0.371. The summed E-state index contributed by atoms with van der Waals surface area (Å²) in [4.78, 5) is 27.0. The van der Waals surface area contributed by atoms with Gasteiger partial charge in [0, 0.05) is 23.8 Å². The van der Waals surface area contributed by atoms with E-state index in [4.69, 9.17) is 4.52 Å². The number of hydrogen-bond donors (Lipinski definition) is 0. The second-order valence-electron chi connectivity index (χ2n) is 6.91. The number of aryl methyl sites for hydroxylation is 1. The Hall–Kier alpha value is -2.37. The largest absolute Gasteiger partial charge is 0.359 e. The van der Waals surface area contributed by atoms with E-state index in [2.05, 4.69) is 5.16 Å². The summed E-state index contributed by atoms with van der Waals surface area (Å²) in [6.45, 7) is 8.64. The number of rotatable bonds is 1. The zero-order valence-corrected chi connectivity index (χ0v) is 13.9. The molecule has 1 aliphatic heterocycles. The van der Waals surface area contributed by atoms with Gasteiger partial charge >= 0.3 is 0 Å². The predicted molar refractivity (Wildman–Crippen MR) is 85.4 cm³/mol. The number of amides is 1. The Bertz CT molecular complexity index is 811. The van der Waals surface area contributed by atoms with Crippen LogP contribution < -0.4 is 5.56 Å². The molecule has 0 aromatic carbocycles. The number of carbonyl (C=O) groups excluding carboxylic acids is 1. The van der Waals surface area contributed by atoms with Crippen LogP contribution in [0.15, 0.2) is 27.6 Å². The Kier molecular flexibility index (Phi) is 3.62. The van der Waals surface area contributed by atoms with E-state index in [0.29, 0.717) is 25.3 Å². The van der Waals surface area contributed by atoms with Crippen LogP contribution in [-0.4, -0.2) is 27.1 Å². The van der Waals surface area contributed by atoms with E-state index in [1.165, 1.54) is 0 Å². The van der Waals surface area contributed by atoms with Gasteiger partial charge in [0.15, 0.2) is 5.76 Å². The van der Waals surface area contributed by atoms with Crippen molar-refractivity contribution < 1.29 is 9.32 Å². The lowest BCUT2D eigenvalue weighted by atomic mass is 10.0. The maximum Gasteiger partial charge on any atom is 0.263 e. The molecule has 2 aromatic rings.